The fraction of sp³-hybridized carbons (Fsp3) is 0.600. The first-order chi connectivity index (χ1) is 7.18. The molecule has 0 aliphatic heterocycles. The fourth-order valence-electron chi connectivity index (χ4n) is 1.61. The fourth-order valence-corrected chi connectivity index (χ4v) is 1.94. The standard InChI is InChI=1S/C10H14BrN3O/c1-6(7-2-3-7)4-12-8-5-13-14-10(15)9(8)11/h5-7H,2-4H2,1H3,(H2,12,14,15). The summed E-state index contributed by atoms with van der Waals surface area (Å²) < 4.78 is 0.528. The van der Waals surface area contributed by atoms with Gasteiger partial charge in [0.05, 0.1) is 11.9 Å². The second kappa shape index (κ2) is 4.35. The van der Waals surface area contributed by atoms with Crippen LogP contribution < -0.4 is 10.9 Å². The molecule has 0 saturated heterocycles. The molecule has 82 valence electrons. The molecular formula is C10H14BrN3O. The van der Waals surface area contributed by atoms with Crippen molar-refractivity contribution in [3.63, 3.8) is 0 Å². The summed E-state index contributed by atoms with van der Waals surface area (Å²) in [6.45, 7) is 3.13. The van der Waals surface area contributed by atoms with Crippen molar-refractivity contribution in [2.45, 2.75) is 19.8 Å². The van der Waals surface area contributed by atoms with Crippen molar-refractivity contribution in [2.24, 2.45) is 11.8 Å². The van der Waals surface area contributed by atoms with Crippen LogP contribution in [0.1, 0.15) is 19.8 Å². The Bertz CT molecular complexity index is 400. The quantitative estimate of drug-likeness (QED) is 0.881. The van der Waals surface area contributed by atoms with Gasteiger partial charge in [0.2, 0.25) is 0 Å². The molecule has 1 fully saturated rings. The summed E-state index contributed by atoms with van der Waals surface area (Å²) in [5.74, 6) is 1.53. The van der Waals surface area contributed by atoms with Crippen LogP contribution in [0.15, 0.2) is 15.5 Å². The molecule has 0 aromatic carbocycles. The van der Waals surface area contributed by atoms with Gasteiger partial charge in [-0.3, -0.25) is 4.79 Å². The summed E-state index contributed by atoms with van der Waals surface area (Å²) in [4.78, 5) is 11.2. The monoisotopic (exact) mass is 271 g/mol. The zero-order chi connectivity index (χ0) is 10.8. The molecule has 0 amide bonds. The molecule has 0 spiro atoms. The van der Waals surface area contributed by atoms with E-state index in [1.807, 2.05) is 0 Å². The average Bonchev–Trinajstić information content (AvgIpc) is 3.03. The summed E-state index contributed by atoms with van der Waals surface area (Å²) in [6, 6.07) is 0. The highest BCUT2D eigenvalue weighted by atomic mass is 79.9. The zero-order valence-corrected chi connectivity index (χ0v) is 10.2. The first kappa shape index (κ1) is 10.7. The first-order valence-electron chi connectivity index (χ1n) is 5.15. The Morgan fingerprint density at radius 3 is 3.13 bits per heavy atom. The molecule has 1 saturated carbocycles. The van der Waals surface area contributed by atoms with Crippen LogP contribution in [0, 0.1) is 11.8 Å². The van der Waals surface area contributed by atoms with E-state index < -0.39 is 0 Å². The highest BCUT2D eigenvalue weighted by Crippen LogP contribution is 2.36. The highest BCUT2D eigenvalue weighted by Gasteiger charge is 2.27. The van der Waals surface area contributed by atoms with E-state index in [0.29, 0.717) is 10.4 Å². The lowest BCUT2D eigenvalue weighted by Gasteiger charge is -2.12. The predicted molar refractivity (Wildman–Crippen MR) is 62.9 cm³/mol. The first-order valence-corrected chi connectivity index (χ1v) is 5.95. The molecule has 1 atom stereocenters. The second-order valence-electron chi connectivity index (χ2n) is 4.12. The Morgan fingerprint density at radius 2 is 2.47 bits per heavy atom. The molecule has 1 aliphatic rings. The number of nitrogens with one attached hydrogen (secondary N) is 2. The summed E-state index contributed by atoms with van der Waals surface area (Å²) in [7, 11) is 0. The van der Waals surface area contributed by atoms with Crippen LogP contribution in [0.4, 0.5) is 5.69 Å². The van der Waals surface area contributed by atoms with Gasteiger partial charge in [0.15, 0.2) is 0 Å². The zero-order valence-electron chi connectivity index (χ0n) is 8.59. The van der Waals surface area contributed by atoms with Gasteiger partial charge < -0.3 is 5.32 Å². The minimum absolute atomic E-state index is 0.195. The maximum absolute atomic E-state index is 11.2. The number of aromatic nitrogens is 2. The number of nitrogens with zero attached hydrogens (tertiary/aromatic N) is 1. The average molecular weight is 272 g/mol. The van der Waals surface area contributed by atoms with Crippen LogP contribution >= 0.6 is 15.9 Å². The van der Waals surface area contributed by atoms with Gasteiger partial charge in [0.1, 0.15) is 4.47 Å². The third-order valence-corrected chi connectivity index (χ3v) is 3.62. The van der Waals surface area contributed by atoms with E-state index in [1.54, 1.807) is 6.20 Å². The highest BCUT2D eigenvalue weighted by molar-refractivity contribution is 9.10. The maximum atomic E-state index is 11.2. The molecule has 2 rings (SSSR count). The molecule has 1 aliphatic carbocycles. The molecule has 15 heavy (non-hydrogen) atoms. The maximum Gasteiger partial charge on any atom is 0.280 e. The number of rotatable bonds is 4. The molecule has 5 heteroatoms. The van der Waals surface area contributed by atoms with Gasteiger partial charge >= 0.3 is 0 Å². The van der Waals surface area contributed by atoms with Gasteiger partial charge in [-0.05, 0) is 40.6 Å². The minimum Gasteiger partial charge on any atom is -0.382 e. The van der Waals surface area contributed by atoms with E-state index in [0.717, 1.165) is 18.2 Å². The predicted octanol–water partition coefficient (Wildman–Crippen LogP) is 1.99. The van der Waals surface area contributed by atoms with Crippen molar-refractivity contribution in [1.82, 2.24) is 10.2 Å². The van der Waals surface area contributed by atoms with Gasteiger partial charge in [0, 0.05) is 6.54 Å². The number of anilines is 1. The second-order valence-corrected chi connectivity index (χ2v) is 4.92. The van der Waals surface area contributed by atoms with Crippen molar-refractivity contribution in [2.75, 3.05) is 11.9 Å². The van der Waals surface area contributed by atoms with Crippen molar-refractivity contribution >= 4 is 21.6 Å². The van der Waals surface area contributed by atoms with Crippen LogP contribution in [-0.2, 0) is 0 Å². The molecule has 1 heterocycles. The van der Waals surface area contributed by atoms with E-state index in [1.165, 1.54) is 12.8 Å². The third kappa shape index (κ3) is 2.59. The molecule has 1 unspecified atom stereocenters. The van der Waals surface area contributed by atoms with E-state index in [-0.39, 0.29) is 5.56 Å². The third-order valence-electron chi connectivity index (χ3n) is 2.84. The van der Waals surface area contributed by atoms with Gasteiger partial charge in [0.25, 0.3) is 5.56 Å². The van der Waals surface area contributed by atoms with Gasteiger partial charge in [-0.2, -0.15) is 5.10 Å². The lowest BCUT2D eigenvalue weighted by atomic mass is 10.1. The topological polar surface area (TPSA) is 57.8 Å². The normalized spacial score (nSPS) is 17.5. The molecule has 4 nitrogen and oxygen atoms in total. The summed E-state index contributed by atoms with van der Waals surface area (Å²) >= 11 is 3.24. The van der Waals surface area contributed by atoms with Crippen LogP contribution in [-0.4, -0.2) is 16.7 Å². The molecule has 0 bridgehead atoms. The molecule has 1 aromatic heterocycles. The Labute approximate surface area is 96.6 Å². The van der Waals surface area contributed by atoms with Crippen molar-refractivity contribution in [3.8, 4) is 0 Å². The smallest absolute Gasteiger partial charge is 0.280 e. The van der Waals surface area contributed by atoms with Crippen molar-refractivity contribution in [1.29, 1.82) is 0 Å². The molecule has 0 radical (unpaired) electrons. The summed E-state index contributed by atoms with van der Waals surface area (Å²) in [5, 5.41) is 9.37. The lowest BCUT2D eigenvalue weighted by molar-refractivity contribution is 0.536. The van der Waals surface area contributed by atoms with Crippen LogP contribution in [0.3, 0.4) is 0 Å². The largest absolute Gasteiger partial charge is 0.382 e. The lowest BCUT2D eigenvalue weighted by Crippen LogP contribution is -2.17. The van der Waals surface area contributed by atoms with E-state index >= 15 is 0 Å². The number of hydrogen-bond donors (Lipinski definition) is 2. The van der Waals surface area contributed by atoms with E-state index in [4.69, 9.17) is 0 Å². The van der Waals surface area contributed by atoms with Crippen molar-refractivity contribution in [3.05, 3.63) is 21.0 Å². The summed E-state index contributed by atoms with van der Waals surface area (Å²) in [6.07, 6.45) is 4.32. The minimum atomic E-state index is -0.195. The van der Waals surface area contributed by atoms with Crippen LogP contribution in [0.2, 0.25) is 0 Å². The van der Waals surface area contributed by atoms with Gasteiger partial charge in [-0.25, -0.2) is 5.10 Å². The van der Waals surface area contributed by atoms with Crippen LogP contribution in [0.25, 0.3) is 0 Å². The number of aromatic amines is 1. The Morgan fingerprint density at radius 1 is 1.73 bits per heavy atom. The molecular weight excluding hydrogens is 258 g/mol. The Kier molecular flexibility index (Phi) is 3.09. The SMILES string of the molecule is CC(CNc1cn[nH]c(=O)c1Br)C1CC1. The molecule has 1 aromatic rings. The number of halogens is 1. The Balaban J connectivity index is 1.98. The van der Waals surface area contributed by atoms with Crippen LogP contribution in [0.5, 0.6) is 0 Å². The van der Waals surface area contributed by atoms with E-state index in [9.17, 15) is 4.79 Å². The van der Waals surface area contributed by atoms with Gasteiger partial charge in [-0.15, -0.1) is 0 Å². The number of hydrogen-bond acceptors (Lipinski definition) is 3. The Hall–Kier alpha value is -0.840. The summed E-state index contributed by atoms with van der Waals surface area (Å²) in [5.41, 5.74) is 0.574. The molecule has 2 N–H and O–H groups in total. The van der Waals surface area contributed by atoms with Crippen molar-refractivity contribution < 1.29 is 0 Å². The van der Waals surface area contributed by atoms with Gasteiger partial charge in [-0.1, -0.05) is 6.92 Å². The van der Waals surface area contributed by atoms with E-state index in [2.05, 4.69) is 38.4 Å². The number of H-pyrrole nitrogens is 1.